The van der Waals surface area contributed by atoms with Gasteiger partial charge in [0.2, 0.25) is 0 Å². The van der Waals surface area contributed by atoms with Crippen LogP contribution in [0.3, 0.4) is 0 Å². The number of aromatic nitrogens is 2. The maximum absolute atomic E-state index is 5.00. The third-order valence-corrected chi connectivity index (χ3v) is 7.31. The van der Waals surface area contributed by atoms with Crippen LogP contribution in [0.15, 0.2) is 103 Å². The first-order valence-electron chi connectivity index (χ1n) is 10.4. The van der Waals surface area contributed by atoms with E-state index >= 15 is 0 Å². The quantitative estimate of drug-likeness (QED) is 0.166. The van der Waals surface area contributed by atoms with Crippen LogP contribution in [0, 0.1) is 3.70 Å². The average Bonchev–Trinajstić information content (AvgIpc) is 3.23. The lowest BCUT2D eigenvalue weighted by molar-refractivity contribution is 1.15. The third kappa shape index (κ3) is 3.49. The number of benzene rings is 4. The zero-order valence-corrected chi connectivity index (χ0v) is 20.0. The van der Waals surface area contributed by atoms with Crippen molar-refractivity contribution in [2.75, 3.05) is 0 Å². The summed E-state index contributed by atoms with van der Waals surface area (Å²) in [6, 6.07) is 36.1. The van der Waals surface area contributed by atoms with Crippen LogP contribution in [-0.2, 0) is 0 Å². The number of fused-ring (bicyclic) bond motifs is 3. The number of rotatable bonds is 3. The van der Waals surface area contributed by atoms with E-state index in [1.54, 1.807) is 0 Å². The van der Waals surface area contributed by atoms with Crippen molar-refractivity contribution >= 4 is 54.1 Å². The summed E-state index contributed by atoms with van der Waals surface area (Å²) in [7, 11) is 0. The molecule has 0 saturated carbocycles. The summed E-state index contributed by atoms with van der Waals surface area (Å²) < 4.78 is 3.52. The third-order valence-electron chi connectivity index (χ3n) is 5.62. The van der Waals surface area contributed by atoms with E-state index in [-0.39, 0.29) is 0 Å². The van der Waals surface area contributed by atoms with Crippen LogP contribution >= 0.6 is 33.9 Å². The maximum Gasteiger partial charge on any atom is 0.160 e. The van der Waals surface area contributed by atoms with E-state index < -0.39 is 0 Å². The van der Waals surface area contributed by atoms with E-state index in [9.17, 15) is 0 Å². The van der Waals surface area contributed by atoms with Crippen molar-refractivity contribution < 1.29 is 0 Å². The van der Waals surface area contributed by atoms with Gasteiger partial charge in [-0.05, 0) is 51.9 Å². The van der Waals surface area contributed by atoms with Gasteiger partial charge in [0.1, 0.15) is 3.70 Å². The number of nitrogens with zero attached hydrogens (tertiary/aromatic N) is 2. The molecule has 0 bridgehead atoms. The largest absolute Gasteiger partial charge is 0.228 e. The molecule has 0 amide bonds. The molecule has 152 valence electrons. The van der Waals surface area contributed by atoms with Crippen LogP contribution in [0.1, 0.15) is 0 Å². The Balaban J connectivity index is 1.48. The van der Waals surface area contributed by atoms with E-state index in [4.69, 9.17) is 9.97 Å². The van der Waals surface area contributed by atoms with Gasteiger partial charge in [0, 0.05) is 31.3 Å². The van der Waals surface area contributed by atoms with Gasteiger partial charge in [-0.1, -0.05) is 84.9 Å². The average molecular weight is 540 g/mol. The van der Waals surface area contributed by atoms with Crippen LogP contribution in [0.25, 0.3) is 53.9 Å². The molecule has 0 N–H and O–H groups in total. The van der Waals surface area contributed by atoms with Crippen molar-refractivity contribution in [1.29, 1.82) is 0 Å². The first kappa shape index (κ1) is 19.6. The topological polar surface area (TPSA) is 25.8 Å². The molecule has 6 rings (SSSR count). The summed E-state index contributed by atoms with van der Waals surface area (Å²) in [5.74, 6) is 0.753. The minimum atomic E-state index is 0.753. The molecular formula is C28H17IN2S. The van der Waals surface area contributed by atoms with E-state index in [0.29, 0.717) is 0 Å². The van der Waals surface area contributed by atoms with Crippen molar-refractivity contribution in [3.05, 3.63) is 107 Å². The molecule has 2 aromatic heterocycles. The Morgan fingerprint density at radius 1 is 0.594 bits per heavy atom. The highest BCUT2D eigenvalue weighted by molar-refractivity contribution is 14.1. The zero-order chi connectivity index (χ0) is 21.5. The monoisotopic (exact) mass is 540 g/mol. The van der Waals surface area contributed by atoms with Gasteiger partial charge in [-0.3, -0.25) is 0 Å². The second kappa shape index (κ2) is 8.11. The van der Waals surface area contributed by atoms with Gasteiger partial charge in [0.15, 0.2) is 5.82 Å². The van der Waals surface area contributed by atoms with E-state index in [1.807, 2.05) is 17.4 Å². The van der Waals surface area contributed by atoms with Gasteiger partial charge in [-0.15, -0.1) is 11.3 Å². The summed E-state index contributed by atoms with van der Waals surface area (Å²) in [4.78, 5) is 9.74. The van der Waals surface area contributed by atoms with Crippen molar-refractivity contribution in [3.63, 3.8) is 0 Å². The fourth-order valence-electron chi connectivity index (χ4n) is 4.12. The lowest BCUT2D eigenvalue weighted by Crippen LogP contribution is -1.95. The van der Waals surface area contributed by atoms with Gasteiger partial charge in [-0.2, -0.15) is 0 Å². The second-order valence-corrected chi connectivity index (χ2v) is 9.81. The Morgan fingerprint density at radius 3 is 2.12 bits per heavy atom. The summed E-state index contributed by atoms with van der Waals surface area (Å²) in [6.45, 7) is 0. The molecule has 32 heavy (non-hydrogen) atoms. The molecular weight excluding hydrogens is 523 g/mol. The lowest BCUT2D eigenvalue weighted by Gasteiger charge is -2.09. The Kier molecular flexibility index (Phi) is 4.97. The van der Waals surface area contributed by atoms with Crippen molar-refractivity contribution in [3.8, 4) is 33.8 Å². The van der Waals surface area contributed by atoms with Crippen LogP contribution in [0.2, 0.25) is 0 Å². The first-order valence-corrected chi connectivity index (χ1v) is 12.3. The Morgan fingerprint density at radius 2 is 1.28 bits per heavy atom. The number of hydrogen-bond acceptors (Lipinski definition) is 3. The number of hydrogen-bond donors (Lipinski definition) is 0. The summed E-state index contributed by atoms with van der Waals surface area (Å²) in [5, 5.41) is 2.55. The number of thiophene rings is 1. The van der Waals surface area contributed by atoms with Crippen molar-refractivity contribution in [2.45, 2.75) is 0 Å². The van der Waals surface area contributed by atoms with Crippen LogP contribution in [0.4, 0.5) is 0 Å². The molecule has 4 aromatic carbocycles. The predicted molar refractivity (Wildman–Crippen MR) is 144 cm³/mol. The van der Waals surface area contributed by atoms with E-state index in [0.717, 1.165) is 26.3 Å². The zero-order valence-electron chi connectivity index (χ0n) is 17.0. The molecule has 0 fully saturated rings. The van der Waals surface area contributed by atoms with Crippen molar-refractivity contribution in [1.82, 2.24) is 9.97 Å². The first-order chi connectivity index (χ1) is 15.8. The van der Waals surface area contributed by atoms with Crippen molar-refractivity contribution in [2.24, 2.45) is 0 Å². The highest BCUT2D eigenvalue weighted by Gasteiger charge is 2.14. The highest BCUT2D eigenvalue weighted by atomic mass is 127. The molecule has 0 saturated heterocycles. The molecule has 0 aliphatic heterocycles. The Bertz CT molecular complexity index is 1570. The predicted octanol–water partition coefficient (Wildman–Crippen LogP) is 8.45. The fourth-order valence-corrected chi connectivity index (χ4v) is 5.77. The normalized spacial score (nSPS) is 11.3. The molecule has 0 atom stereocenters. The highest BCUT2D eigenvalue weighted by Crippen LogP contribution is 2.39. The van der Waals surface area contributed by atoms with Gasteiger partial charge < -0.3 is 0 Å². The molecule has 0 spiro atoms. The smallest absolute Gasteiger partial charge is 0.160 e. The number of halogens is 1. The molecule has 0 aliphatic carbocycles. The van der Waals surface area contributed by atoms with Gasteiger partial charge in [0.25, 0.3) is 0 Å². The summed E-state index contributed by atoms with van der Waals surface area (Å²) in [5.41, 5.74) is 5.53. The molecule has 4 heteroatoms. The van der Waals surface area contributed by atoms with Gasteiger partial charge in [0.05, 0.1) is 5.69 Å². The van der Waals surface area contributed by atoms with E-state index in [1.165, 1.54) is 31.3 Å². The lowest BCUT2D eigenvalue weighted by atomic mass is 10.0. The van der Waals surface area contributed by atoms with Crippen LogP contribution < -0.4 is 0 Å². The maximum atomic E-state index is 5.00. The molecule has 2 nitrogen and oxygen atoms in total. The fraction of sp³-hybridized carbons (Fsp3) is 0. The molecule has 6 aromatic rings. The minimum Gasteiger partial charge on any atom is -0.228 e. The molecule has 0 radical (unpaired) electrons. The SMILES string of the molecule is Ic1cc(-c2cccc3sc4ccccc4c23)nc(-c2ccc(-c3ccccc3)cc2)n1. The van der Waals surface area contributed by atoms with E-state index in [2.05, 4.69) is 120 Å². The minimum absolute atomic E-state index is 0.753. The molecule has 0 aliphatic rings. The summed E-state index contributed by atoms with van der Waals surface area (Å²) >= 11 is 4.12. The molecule has 0 unspecified atom stereocenters. The second-order valence-electron chi connectivity index (χ2n) is 7.62. The summed E-state index contributed by atoms with van der Waals surface area (Å²) in [6.07, 6.45) is 0. The Hall–Kier alpha value is -3.09. The van der Waals surface area contributed by atoms with Gasteiger partial charge in [-0.25, -0.2) is 9.97 Å². The molecule has 2 heterocycles. The standard InChI is InChI=1S/C28H17IN2S/c29-26-17-23(21-10-6-12-25-27(21)22-9-4-5-11-24(22)32-25)30-28(31-26)20-15-13-19(14-16-20)18-7-2-1-3-8-18/h1-17H. The Labute approximate surface area is 203 Å². The van der Waals surface area contributed by atoms with Crippen LogP contribution in [0.5, 0.6) is 0 Å². The van der Waals surface area contributed by atoms with Crippen LogP contribution in [-0.4, -0.2) is 9.97 Å². The van der Waals surface area contributed by atoms with Gasteiger partial charge >= 0.3 is 0 Å².